The first-order valence-electron chi connectivity index (χ1n) is 9.09. The SMILES string of the molecule is CC1=Nc2cc(C(F)(F)F)nn2C(c2ccc(Cl)c(Cl)c2)C1C(=O)NCC1CC1. The molecule has 0 bridgehead atoms. The summed E-state index contributed by atoms with van der Waals surface area (Å²) in [5, 5.41) is 7.18. The number of fused-ring (bicyclic) bond motifs is 1. The van der Waals surface area contributed by atoms with Gasteiger partial charge in [0.25, 0.3) is 0 Å². The summed E-state index contributed by atoms with van der Waals surface area (Å²) in [4.78, 5) is 17.2. The van der Waals surface area contributed by atoms with Crippen LogP contribution in [-0.4, -0.2) is 27.9 Å². The maximum Gasteiger partial charge on any atom is 0.435 e. The average Bonchev–Trinajstić information content (AvgIpc) is 3.37. The molecule has 2 aliphatic rings. The number of hydrogen-bond acceptors (Lipinski definition) is 3. The zero-order valence-corrected chi connectivity index (χ0v) is 16.8. The zero-order chi connectivity index (χ0) is 20.9. The van der Waals surface area contributed by atoms with E-state index >= 15 is 0 Å². The summed E-state index contributed by atoms with van der Waals surface area (Å²) < 4.78 is 40.9. The topological polar surface area (TPSA) is 59.3 Å². The van der Waals surface area contributed by atoms with Crippen molar-refractivity contribution in [2.45, 2.75) is 32.0 Å². The minimum Gasteiger partial charge on any atom is -0.355 e. The minimum atomic E-state index is -4.63. The molecule has 0 spiro atoms. The van der Waals surface area contributed by atoms with Gasteiger partial charge in [0.1, 0.15) is 5.92 Å². The second-order valence-electron chi connectivity index (χ2n) is 7.37. The third-order valence-corrected chi connectivity index (χ3v) is 5.90. The number of carbonyl (C=O) groups excluding carboxylic acids is 1. The van der Waals surface area contributed by atoms with Gasteiger partial charge in [-0.1, -0.05) is 29.3 Å². The standard InChI is InChI=1S/C19H17Cl2F3N4O/c1-9-16(18(29)25-8-10-2-3-10)17(11-4-5-12(20)13(21)6-11)28-15(26-9)7-14(27-28)19(22,23)24/h4-7,10,16-17H,2-3,8H2,1H3,(H,25,29). The molecule has 5 nitrogen and oxygen atoms in total. The smallest absolute Gasteiger partial charge is 0.355 e. The van der Waals surface area contributed by atoms with Gasteiger partial charge < -0.3 is 5.32 Å². The molecule has 1 aromatic heterocycles. The summed E-state index contributed by atoms with van der Waals surface area (Å²) in [6.45, 7) is 2.17. The van der Waals surface area contributed by atoms with Crippen LogP contribution in [0.25, 0.3) is 0 Å². The summed E-state index contributed by atoms with van der Waals surface area (Å²) in [5.41, 5.74) is -0.123. The van der Waals surface area contributed by atoms with Crippen LogP contribution in [-0.2, 0) is 11.0 Å². The van der Waals surface area contributed by atoms with Gasteiger partial charge in [0.2, 0.25) is 5.91 Å². The molecular formula is C19H17Cl2F3N4O. The van der Waals surface area contributed by atoms with E-state index in [0.717, 1.165) is 23.6 Å². The Bertz CT molecular complexity index is 998. The summed E-state index contributed by atoms with van der Waals surface area (Å²) in [5.74, 6) is -0.624. The van der Waals surface area contributed by atoms with Gasteiger partial charge in [0, 0.05) is 18.3 Å². The predicted molar refractivity (Wildman–Crippen MR) is 104 cm³/mol. The summed E-state index contributed by atoms with van der Waals surface area (Å²) in [6, 6.07) is 4.79. The lowest BCUT2D eigenvalue weighted by Gasteiger charge is -2.31. The van der Waals surface area contributed by atoms with E-state index in [1.165, 1.54) is 0 Å². The summed E-state index contributed by atoms with van der Waals surface area (Å²) >= 11 is 12.1. The second-order valence-corrected chi connectivity index (χ2v) is 8.18. The van der Waals surface area contributed by atoms with Gasteiger partial charge in [-0.15, -0.1) is 0 Å². The van der Waals surface area contributed by atoms with Crippen molar-refractivity contribution in [3.05, 3.63) is 45.6 Å². The Balaban J connectivity index is 1.79. The molecule has 1 N–H and O–H groups in total. The first-order chi connectivity index (χ1) is 13.6. The Morgan fingerprint density at radius 2 is 1.97 bits per heavy atom. The lowest BCUT2D eigenvalue weighted by molar-refractivity contribution is -0.141. The van der Waals surface area contributed by atoms with Gasteiger partial charge in [0.05, 0.1) is 16.1 Å². The highest BCUT2D eigenvalue weighted by Gasteiger charge is 2.42. The Kier molecular flexibility index (Phi) is 5.11. The van der Waals surface area contributed by atoms with Crippen LogP contribution in [0.15, 0.2) is 29.3 Å². The zero-order valence-electron chi connectivity index (χ0n) is 15.3. The number of aliphatic imine (C=N–C) groups is 1. The van der Waals surface area contributed by atoms with Gasteiger partial charge in [0.15, 0.2) is 11.5 Å². The van der Waals surface area contributed by atoms with Crippen LogP contribution < -0.4 is 5.32 Å². The summed E-state index contributed by atoms with van der Waals surface area (Å²) in [6.07, 6.45) is -2.50. The fourth-order valence-corrected chi connectivity index (χ4v) is 3.78. The van der Waals surface area contributed by atoms with Gasteiger partial charge in [-0.2, -0.15) is 18.3 Å². The van der Waals surface area contributed by atoms with Crippen molar-refractivity contribution in [1.29, 1.82) is 0 Å². The molecule has 1 aromatic carbocycles. The van der Waals surface area contributed by atoms with Gasteiger partial charge in [-0.3, -0.25) is 4.79 Å². The average molecular weight is 445 g/mol. The van der Waals surface area contributed by atoms with Crippen molar-refractivity contribution in [2.24, 2.45) is 16.8 Å². The number of nitrogens with one attached hydrogen (secondary N) is 1. The normalized spacial score (nSPS) is 21.5. The molecule has 0 radical (unpaired) electrons. The molecule has 2 aromatic rings. The van der Waals surface area contributed by atoms with Crippen molar-refractivity contribution in [2.75, 3.05) is 6.54 Å². The number of hydrogen-bond donors (Lipinski definition) is 1. The number of rotatable bonds is 4. The lowest BCUT2D eigenvalue weighted by atomic mass is 9.87. The minimum absolute atomic E-state index is 0.0390. The molecule has 1 amide bonds. The molecular weight excluding hydrogens is 428 g/mol. The van der Waals surface area contributed by atoms with Crippen molar-refractivity contribution < 1.29 is 18.0 Å². The first-order valence-corrected chi connectivity index (χ1v) is 9.85. The van der Waals surface area contributed by atoms with E-state index in [-0.39, 0.29) is 16.7 Å². The Labute approximate surface area is 174 Å². The van der Waals surface area contributed by atoms with Crippen molar-refractivity contribution >= 4 is 40.6 Å². The highest BCUT2D eigenvalue weighted by atomic mass is 35.5. The fraction of sp³-hybridized carbons (Fsp3) is 0.421. The van der Waals surface area contributed by atoms with E-state index in [9.17, 15) is 18.0 Å². The maximum atomic E-state index is 13.2. The van der Waals surface area contributed by atoms with E-state index in [1.807, 2.05) is 0 Å². The van der Waals surface area contributed by atoms with Crippen LogP contribution >= 0.6 is 23.2 Å². The number of amides is 1. The highest BCUT2D eigenvalue weighted by molar-refractivity contribution is 6.42. The van der Waals surface area contributed by atoms with Gasteiger partial charge in [-0.05, 0) is 43.4 Å². The Morgan fingerprint density at radius 3 is 2.59 bits per heavy atom. The van der Waals surface area contributed by atoms with E-state index in [4.69, 9.17) is 23.2 Å². The van der Waals surface area contributed by atoms with Gasteiger partial charge >= 0.3 is 6.18 Å². The van der Waals surface area contributed by atoms with Crippen molar-refractivity contribution in [3.8, 4) is 0 Å². The van der Waals surface area contributed by atoms with Crippen LogP contribution in [0, 0.1) is 11.8 Å². The molecule has 10 heteroatoms. The molecule has 2 unspecified atom stereocenters. The van der Waals surface area contributed by atoms with E-state index < -0.39 is 23.8 Å². The van der Waals surface area contributed by atoms with Crippen LogP contribution in [0.1, 0.15) is 37.1 Å². The number of alkyl halides is 3. The second kappa shape index (κ2) is 7.32. The van der Waals surface area contributed by atoms with Crippen LogP contribution in [0.2, 0.25) is 10.0 Å². The highest BCUT2D eigenvalue weighted by Crippen LogP contribution is 2.41. The maximum absolute atomic E-state index is 13.2. The first kappa shape index (κ1) is 20.2. The van der Waals surface area contributed by atoms with Crippen molar-refractivity contribution in [3.63, 3.8) is 0 Å². The third kappa shape index (κ3) is 4.00. The molecule has 1 aliphatic carbocycles. The predicted octanol–water partition coefficient (Wildman–Crippen LogP) is 5.05. The van der Waals surface area contributed by atoms with Crippen LogP contribution in [0.3, 0.4) is 0 Å². The van der Waals surface area contributed by atoms with E-state index in [1.54, 1.807) is 25.1 Å². The number of nitrogens with zero attached hydrogens (tertiary/aromatic N) is 3. The molecule has 154 valence electrons. The van der Waals surface area contributed by atoms with E-state index in [2.05, 4.69) is 15.4 Å². The van der Waals surface area contributed by atoms with Crippen LogP contribution in [0.5, 0.6) is 0 Å². The number of aromatic nitrogens is 2. The number of carbonyl (C=O) groups is 1. The molecule has 2 heterocycles. The third-order valence-electron chi connectivity index (χ3n) is 5.16. The number of benzene rings is 1. The quantitative estimate of drug-likeness (QED) is 0.717. The van der Waals surface area contributed by atoms with Crippen LogP contribution in [0.4, 0.5) is 19.0 Å². The Morgan fingerprint density at radius 1 is 1.24 bits per heavy atom. The molecule has 1 saturated carbocycles. The molecule has 4 rings (SSSR count). The number of halogens is 5. The monoisotopic (exact) mass is 444 g/mol. The lowest BCUT2D eigenvalue weighted by Crippen LogP contribution is -2.42. The van der Waals surface area contributed by atoms with Crippen molar-refractivity contribution in [1.82, 2.24) is 15.1 Å². The van der Waals surface area contributed by atoms with E-state index in [0.29, 0.717) is 28.8 Å². The Hall–Kier alpha value is -2.06. The molecule has 0 saturated heterocycles. The molecule has 2 atom stereocenters. The molecule has 1 aliphatic heterocycles. The molecule has 29 heavy (non-hydrogen) atoms. The molecule has 1 fully saturated rings. The largest absolute Gasteiger partial charge is 0.435 e. The fourth-order valence-electron chi connectivity index (χ4n) is 3.47. The summed E-state index contributed by atoms with van der Waals surface area (Å²) in [7, 11) is 0. The van der Waals surface area contributed by atoms with Gasteiger partial charge in [-0.25, -0.2) is 9.67 Å².